The summed E-state index contributed by atoms with van der Waals surface area (Å²) < 4.78 is 30.3. The van der Waals surface area contributed by atoms with E-state index in [0.29, 0.717) is 18.3 Å². The van der Waals surface area contributed by atoms with Crippen molar-refractivity contribution in [2.24, 2.45) is 11.8 Å². The summed E-state index contributed by atoms with van der Waals surface area (Å²) in [6.07, 6.45) is 3.77. The van der Waals surface area contributed by atoms with Crippen molar-refractivity contribution in [2.75, 3.05) is 6.16 Å². The molecule has 4 heteroatoms. The Kier molecular flexibility index (Phi) is 4.79. The van der Waals surface area contributed by atoms with E-state index in [2.05, 4.69) is 13.8 Å². The van der Waals surface area contributed by atoms with Gasteiger partial charge in [0.1, 0.15) is 0 Å². The molecule has 0 spiro atoms. The number of hydrogen-bond acceptors (Lipinski definition) is 2. The van der Waals surface area contributed by atoms with Crippen molar-refractivity contribution in [3.8, 4) is 0 Å². The quantitative estimate of drug-likeness (QED) is 0.676. The van der Waals surface area contributed by atoms with Gasteiger partial charge in [-0.2, -0.15) is 4.20 Å². The molecule has 0 radical (unpaired) electrons. The zero-order valence-electron chi connectivity index (χ0n) is 9.91. The van der Waals surface area contributed by atoms with Gasteiger partial charge in [0.15, 0.2) is 0 Å². The summed E-state index contributed by atoms with van der Waals surface area (Å²) in [6.45, 7) is 5.95. The third kappa shape index (κ3) is 3.88. The second-order valence-electron chi connectivity index (χ2n) is 4.77. The van der Waals surface area contributed by atoms with E-state index in [1.165, 1.54) is 6.42 Å². The lowest BCUT2D eigenvalue weighted by Crippen LogP contribution is -2.31. The molecule has 1 aliphatic carbocycles. The minimum Gasteiger partial charge on any atom is -0.302 e. The Balaban J connectivity index is 2.58. The van der Waals surface area contributed by atoms with E-state index >= 15 is 0 Å². The van der Waals surface area contributed by atoms with Gasteiger partial charge in [0.25, 0.3) is 0 Å². The van der Waals surface area contributed by atoms with Gasteiger partial charge in [0.05, 0.1) is 12.3 Å². The lowest BCUT2D eigenvalue weighted by atomic mass is 9.81. The van der Waals surface area contributed by atoms with Crippen LogP contribution in [0, 0.1) is 11.8 Å². The Morgan fingerprint density at radius 3 is 2.33 bits per heavy atom. The summed E-state index contributed by atoms with van der Waals surface area (Å²) in [5.74, 6) is 0.657. The van der Waals surface area contributed by atoms with E-state index in [9.17, 15) is 8.76 Å². The molecule has 1 aliphatic rings. The SMILES string of the molecule is CCCP(=O)(F)OC1C(C)CCCC1C. The summed E-state index contributed by atoms with van der Waals surface area (Å²) in [5, 5.41) is 0. The van der Waals surface area contributed by atoms with Gasteiger partial charge in [0, 0.05) is 0 Å². The Morgan fingerprint density at radius 1 is 1.33 bits per heavy atom. The van der Waals surface area contributed by atoms with E-state index in [1.54, 1.807) is 0 Å². The van der Waals surface area contributed by atoms with Gasteiger partial charge in [0.2, 0.25) is 0 Å². The van der Waals surface area contributed by atoms with Crippen LogP contribution < -0.4 is 0 Å². The zero-order chi connectivity index (χ0) is 11.5. The fraction of sp³-hybridized carbons (Fsp3) is 1.00. The van der Waals surface area contributed by atoms with Crippen molar-refractivity contribution < 1.29 is 13.3 Å². The first-order valence-electron chi connectivity index (χ1n) is 5.93. The molecule has 0 aromatic rings. The monoisotopic (exact) mass is 236 g/mol. The van der Waals surface area contributed by atoms with Crippen LogP contribution in [-0.4, -0.2) is 12.3 Å². The first kappa shape index (κ1) is 13.2. The van der Waals surface area contributed by atoms with Crippen LogP contribution in [-0.2, 0) is 9.09 Å². The number of hydrogen-bond donors (Lipinski definition) is 0. The van der Waals surface area contributed by atoms with Gasteiger partial charge in [-0.15, -0.1) is 0 Å². The largest absolute Gasteiger partial charge is 0.367 e. The van der Waals surface area contributed by atoms with E-state index in [-0.39, 0.29) is 12.3 Å². The topological polar surface area (TPSA) is 26.3 Å². The molecule has 0 amide bonds. The highest BCUT2D eigenvalue weighted by molar-refractivity contribution is 7.53. The predicted molar refractivity (Wildman–Crippen MR) is 60.9 cm³/mol. The third-order valence-electron chi connectivity index (χ3n) is 3.21. The van der Waals surface area contributed by atoms with Gasteiger partial charge in [-0.05, 0) is 31.1 Å². The molecule has 90 valence electrons. The summed E-state index contributed by atoms with van der Waals surface area (Å²) in [6, 6.07) is 0. The van der Waals surface area contributed by atoms with E-state index < -0.39 is 7.68 Å². The second-order valence-corrected chi connectivity index (χ2v) is 6.61. The second kappa shape index (κ2) is 5.45. The number of rotatable bonds is 4. The Hall–Kier alpha value is 0.120. The van der Waals surface area contributed by atoms with Crippen LogP contribution in [0.15, 0.2) is 0 Å². The van der Waals surface area contributed by atoms with Crippen LogP contribution in [0.1, 0.15) is 46.5 Å². The lowest BCUT2D eigenvalue weighted by Gasteiger charge is -2.34. The fourth-order valence-corrected chi connectivity index (χ4v) is 3.78. The highest BCUT2D eigenvalue weighted by atomic mass is 31.2. The smallest absolute Gasteiger partial charge is 0.302 e. The molecular formula is C11H22FO2P. The van der Waals surface area contributed by atoms with Crippen molar-refractivity contribution in [1.82, 2.24) is 0 Å². The molecule has 0 aromatic heterocycles. The van der Waals surface area contributed by atoms with Crippen LogP contribution in [0.25, 0.3) is 0 Å². The first-order valence-corrected chi connectivity index (χ1v) is 7.63. The average molecular weight is 236 g/mol. The maximum atomic E-state index is 13.6. The number of halogens is 1. The van der Waals surface area contributed by atoms with Crippen LogP contribution in [0.4, 0.5) is 4.20 Å². The normalized spacial score (nSPS) is 36.1. The van der Waals surface area contributed by atoms with Crippen LogP contribution in [0.2, 0.25) is 0 Å². The average Bonchev–Trinajstić information content (AvgIpc) is 2.11. The van der Waals surface area contributed by atoms with Gasteiger partial charge >= 0.3 is 7.68 Å². The minimum absolute atomic E-state index is 0.0585. The highest BCUT2D eigenvalue weighted by Crippen LogP contribution is 2.53. The maximum Gasteiger partial charge on any atom is 0.367 e. The molecule has 3 unspecified atom stereocenters. The predicted octanol–water partition coefficient (Wildman–Crippen LogP) is 4.40. The molecule has 2 nitrogen and oxygen atoms in total. The van der Waals surface area contributed by atoms with E-state index in [1.807, 2.05) is 6.92 Å². The summed E-state index contributed by atoms with van der Waals surface area (Å²) in [4.78, 5) is 0. The van der Waals surface area contributed by atoms with Crippen molar-refractivity contribution in [3.63, 3.8) is 0 Å². The molecule has 1 saturated carbocycles. The van der Waals surface area contributed by atoms with Crippen molar-refractivity contribution >= 4 is 7.68 Å². The van der Waals surface area contributed by atoms with E-state index in [0.717, 1.165) is 12.8 Å². The van der Waals surface area contributed by atoms with E-state index in [4.69, 9.17) is 4.52 Å². The summed E-state index contributed by atoms with van der Waals surface area (Å²) in [7, 11) is -3.84. The molecule has 0 aromatic carbocycles. The molecule has 1 fully saturated rings. The van der Waals surface area contributed by atoms with Crippen molar-refractivity contribution in [1.29, 1.82) is 0 Å². The molecule has 0 N–H and O–H groups in total. The van der Waals surface area contributed by atoms with Gasteiger partial charge in [-0.25, -0.2) is 0 Å². The Bertz CT molecular complexity index is 235. The molecule has 0 heterocycles. The third-order valence-corrected chi connectivity index (χ3v) is 4.75. The molecule has 15 heavy (non-hydrogen) atoms. The fourth-order valence-electron chi connectivity index (χ4n) is 2.36. The molecule has 0 bridgehead atoms. The van der Waals surface area contributed by atoms with Gasteiger partial charge < -0.3 is 4.52 Å². The highest BCUT2D eigenvalue weighted by Gasteiger charge is 2.34. The van der Waals surface area contributed by atoms with Crippen LogP contribution in [0.3, 0.4) is 0 Å². The maximum absolute atomic E-state index is 13.6. The standard InChI is InChI=1S/C11H22FO2P/c1-4-8-15(12,13)14-11-9(2)6-5-7-10(11)3/h9-11H,4-8H2,1-3H3. The van der Waals surface area contributed by atoms with Crippen LogP contribution >= 0.6 is 7.68 Å². The molecule has 0 aliphatic heterocycles. The first-order chi connectivity index (χ1) is 6.96. The van der Waals surface area contributed by atoms with Crippen molar-refractivity contribution in [3.05, 3.63) is 0 Å². The summed E-state index contributed by atoms with van der Waals surface area (Å²) >= 11 is 0. The van der Waals surface area contributed by atoms with Gasteiger partial charge in [-0.1, -0.05) is 27.2 Å². The molecule has 1 rings (SSSR count). The minimum atomic E-state index is -3.84. The zero-order valence-corrected chi connectivity index (χ0v) is 10.8. The molecule has 0 saturated heterocycles. The van der Waals surface area contributed by atoms with Crippen LogP contribution in [0.5, 0.6) is 0 Å². The summed E-state index contributed by atoms with van der Waals surface area (Å²) in [5.41, 5.74) is 0. The molecule has 3 atom stereocenters. The van der Waals surface area contributed by atoms with Crippen molar-refractivity contribution in [2.45, 2.75) is 52.6 Å². The Labute approximate surface area is 92.2 Å². The Morgan fingerprint density at radius 2 is 1.87 bits per heavy atom. The molecular weight excluding hydrogens is 214 g/mol. The lowest BCUT2D eigenvalue weighted by molar-refractivity contribution is 0.0509. The van der Waals surface area contributed by atoms with Gasteiger partial charge in [-0.3, -0.25) is 4.57 Å².